The van der Waals surface area contributed by atoms with Crippen molar-refractivity contribution in [1.29, 1.82) is 5.41 Å². The van der Waals surface area contributed by atoms with Crippen molar-refractivity contribution in [1.82, 2.24) is 14.8 Å². The first kappa shape index (κ1) is 22.7. The van der Waals surface area contributed by atoms with E-state index in [1.165, 1.54) is 12.4 Å². The maximum atomic E-state index is 11.6. The first-order chi connectivity index (χ1) is 15.3. The summed E-state index contributed by atoms with van der Waals surface area (Å²) in [6.45, 7) is 0. The monoisotopic (exact) mass is 492 g/mol. The maximum absolute atomic E-state index is 11.6. The molecule has 1 aliphatic heterocycles. The van der Waals surface area contributed by atoms with Crippen molar-refractivity contribution in [3.05, 3.63) is 69.7 Å². The van der Waals surface area contributed by atoms with E-state index in [0.29, 0.717) is 49.7 Å². The average molecular weight is 493 g/mol. The van der Waals surface area contributed by atoms with Gasteiger partial charge in [-0.15, -0.1) is 0 Å². The smallest absolute Gasteiger partial charge is 0.177 e. The van der Waals surface area contributed by atoms with Crippen LogP contribution in [0.2, 0.25) is 10.0 Å². The number of benzene rings is 1. The fourth-order valence-corrected chi connectivity index (χ4v) is 5.45. The van der Waals surface area contributed by atoms with Gasteiger partial charge in [0.15, 0.2) is 6.23 Å². The number of hydrogen-bond donors (Lipinski definition) is 3. The van der Waals surface area contributed by atoms with Crippen molar-refractivity contribution in [2.45, 2.75) is 25.1 Å². The van der Waals surface area contributed by atoms with Gasteiger partial charge in [-0.3, -0.25) is 25.0 Å². The van der Waals surface area contributed by atoms with E-state index in [2.05, 4.69) is 10.1 Å². The molecule has 2 aromatic heterocycles. The van der Waals surface area contributed by atoms with Crippen molar-refractivity contribution in [2.75, 3.05) is 17.2 Å². The summed E-state index contributed by atoms with van der Waals surface area (Å²) in [5, 5.41) is 13.7. The minimum absolute atomic E-state index is 0.189. The molecule has 5 N–H and O–H groups in total. The largest absolute Gasteiger partial charge is 0.471 e. The fraction of sp³-hybridized carbons (Fsp3) is 0.286. The standard InChI is InChI=1S/C21H22Cl2N6O2S/c22-16-9-27-10-17(23)19(16)21(26)31-14-1-2-18(24)15(7-14)20(25)12-8-28-29(11-12)13-3-5-32(30)6-4-13/h1-2,7-11,13,21,25H,3-6,24,26H2/t13?,21-,32?/m0/s1. The Morgan fingerprint density at radius 3 is 2.59 bits per heavy atom. The van der Waals surface area contributed by atoms with Gasteiger partial charge in [0, 0.05) is 63.3 Å². The summed E-state index contributed by atoms with van der Waals surface area (Å²) in [5.41, 5.74) is 14.5. The molecule has 0 bridgehead atoms. The number of nitrogens with two attached hydrogens (primary N) is 2. The summed E-state index contributed by atoms with van der Waals surface area (Å²) in [4.78, 5) is 3.91. The summed E-state index contributed by atoms with van der Waals surface area (Å²) in [6.07, 6.45) is 7.05. The van der Waals surface area contributed by atoms with Crippen molar-refractivity contribution in [3.8, 4) is 5.75 Å². The number of nitrogen functional groups attached to an aromatic ring is 1. The van der Waals surface area contributed by atoms with Crippen LogP contribution in [-0.2, 0) is 10.8 Å². The zero-order valence-corrected chi connectivity index (χ0v) is 19.3. The van der Waals surface area contributed by atoms with E-state index in [-0.39, 0.29) is 11.8 Å². The summed E-state index contributed by atoms with van der Waals surface area (Å²) < 4.78 is 19.3. The maximum Gasteiger partial charge on any atom is 0.177 e. The minimum Gasteiger partial charge on any atom is -0.471 e. The Labute approximate surface area is 197 Å². The molecule has 11 heteroatoms. The lowest BCUT2D eigenvalue weighted by molar-refractivity contribution is 0.214. The van der Waals surface area contributed by atoms with E-state index in [0.717, 1.165) is 12.8 Å². The molecule has 1 saturated heterocycles. The third-order valence-electron chi connectivity index (χ3n) is 5.35. The molecule has 168 valence electrons. The predicted molar refractivity (Wildman–Crippen MR) is 127 cm³/mol. The van der Waals surface area contributed by atoms with E-state index in [1.54, 1.807) is 24.4 Å². The second-order valence-corrected chi connectivity index (χ2v) is 9.98. The summed E-state index contributed by atoms with van der Waals surface area (Å²) >= 11 is 12.3. The van der Waals surface area contributed by atoms with Crippen molar-refractivity contribution in [3.63, 3.8) is 0 Å². The lowest BCUT2D eigenvalue weighted by Gasteiger charge is -2.21. The molecule has 8 nitrogen and oxygen atoms in total. The van der Waals surface area contributed by atoms with Crippen LogP contribution < -0.4 is 16.2 Å². The average Bonchev–Trinajstić information content (AvgIpc) is 3.25. The molecule has 0 unspecified atom stereocenters. The van der Waals surface area contributed by atoms with Gasteiger partial charge in [-0.25, -0.2) is 0 Å². The molecular weight excluding hydrogens is 471 g/mol. The second-order valence-electron chi connectivity index (χ2n) is 7.47. The molecule has 1 aliphatic rings. The second kappa shape index (κ2) is 9.58. The van der Waals surface area contributed by atoms with E-state index < -0.39 is 17.0 Å². The number of nitrogens with one attached hydrogen (secondary N) is 1. The molecule has 1 fully saturated rings. The van der Waals surface area contributed by atoms with Gasteiger partial charge in [0.2, 0.25) is 0 Å². The van der Waals surface area contributed by atoms with E-state index in [9.17, 15) is 4.21 Å². The first-order valence-electron chi connectivity index (χ1n) is 9.92. The highest BCUT2D eigenvalue weighted by molar-refractivity contribution is 7.85. The molecule has 0 radical (unpaired) electrons. The van der Waals surface area contributed by atoms with Crippen molar-refractivity contribution in [2.24, 2.45) is 5.73 Å². The highest BCUT2D eigenvalue weighted by Gasteiger charge is 2.22. The number of rotatable bonds is 6. The zero-order valence-electron chi connectivity index (χ0n) is 17.0. The van der Waals surface area contributed by atoms with Crippen LogP contribution in [0.5, 0.6) is 5.75 Å². The van der Waals surface area contributed by atoms with Crippen LogP contribution in [0.3, 0.4) is 0 Å². The van der Waals surface area contributed by atoms with Gasteiger partial charge in [-0.2, -0.15) is 5.10 Å². The quantitative estimate of drug-likeness (QED) is 0.273. The Balaban J connectivity index is 1.54. The van der Waals surface area contributed by atoms with Gasteiger partial charge >= 0.3 is 0 Å². The zero-order chi connectivity index (χ0) is 22.8. The molecule has 0 spiro atoms. The molecule has 0 saturated carbocycles. The third-order valence-corrected chi connectivity index (χ3v) is 7.34. The van der Waals surface area contributed by atoms with Crippen LogP contribution in [0.15, 0.2) is 43.0 Å². The van der Waals surface area contributed by atoms with Crippen LogP contribution in [0.1, 0.15) is 41.8 Å². The normalized spacial score (nSPS) is 19.5. The molecule has 1 aromatic carbocycles. The molecule has 3 heterocycles. The van der Waals surface area contributed by atoms with Crippen LogP contribution in [0, 0.1) is 5.41 Å². The van der Waals surface area contributed by atoms with Crippen LogP contribution in [0.25, 0.3) is 0 Å². The minimum atomic E-state index is -0.928. The number of nitrogens with zero attached hydrogens (tertiary/aromatic N) is 3. The van der Waals surface area contributed by atoms with Gasteiger partial charge < -0.3 is 10.5 Å². The third kappa shape index (κ3) is 4.80. The van der Waals surface area contributed by atoms with Crippen molar-refractivity contribution < 1.29 is 8.95 Å². The number of ether oxygens (including phenoxy) is 1. The summed E-state index contributed by atoms with van der Waals surface area (Å²) in [6, 6.07) is 5.17. The first-order valence-corrected chi connectivity index (χ1v) is 12.2. The molecule has 0 amide bonds. The van der Waals surface area contributed by atoms with Gasteiger partial charge in [-0.05, 0) is 31.0 Å². The SMILES string of the molecule is N=C(c1cnn(C2CCS(=O)CC2)c1)c1cc(O[C@H](N)c2c(Cl)cncc2Cl)ccc1N. The highest BCUT2D eigenvalue weighted by atomic mass is 35.5. The van der Waals surface area contributed by atoms with Crippen LogP contribution in [0.4, 0.5) is 5.69 Å². The Hall–Kier alpha value is -2.46. The van der Waals surface area contributed by atoms with Gasteiger partial charge in [0.25, 0.3) is 0 Å². The fourth-order valence-electron chi connectivity index (χ4n) is 3.59. The lowest BCUT2D eigenvalue weighted by Crippen LogP contribution is -2.22. The Kier molecular flexibility index (Phi) is 6.80. The topological polar surface area (TPSA) is 133 Å². The number of aromatic nitrogens is 3. The molecule has 3 aromatic rings. The molecule has 0 aliphatic carbocycles. The highest BCUT2D eigenvalue weighted by Crippen LogP contribution is 2.31. The molecular formula is C21H22Cl2N6O2S. The Morgan fingerprint density at radius 2 is 1.91 bits per heavy atom. The number of halogens is 2. The number of pyridine rings is 1. The van der Waals surface area contributed by atoms with E-state index in [4.69, 9.17) is 44.8 Å². The number of anilines is 1. The predicted octanol–water partition coefficient (Wildman–Crippen LogP) is 3.70. The Morgan fingerprint density at radius 1 is 1.22 bits per heavy atom. The number of hydrogen-bond acceptors (Lipinski definition) is 7. The van der Waals surface area contributed by atoms with Crippen LogP contribution >= 0.6 is 23.2 Å². The van der Waals surface area contributed by atoms with Gasteiger partial charge in [-0.1, -0.05) is 23.2 Å². The summed E-state index contributed by atoms with van der Waals surface area (Å²) in [7, 11) is -0.738. The Bertz CT molecular complexity index is 1150. The van der Waals surface area contributed by atoms with Gasteiger partial charge in [0.05, 0.1) is 28.0 Å². The summed E-state index contributed by atoms with van der Waals surface area (Å²) in [5.74, 6) is 1.77. The van der Waals surface area contributed by atoms with Gasteiger partial charge in [0.1, 0.15) is 5.75 Å². The molecule has 32 heavy (non-hydrogen) atoms. The van der Waals surface area contributed by atoms with E-state index >= 15 is 0 Å². The molecule has 1 atom stereocenters. The van der Waals surface area contributed by atoms with Crippen molar-refractivity contribution >= 4 is 45.4 Å². The molecule has 4 rings (SSSR count). The lowest BCUT2D eigenvalue weighted by atomic mass is 10.0. The van der Waals surface area contributed by atoms with E-state index in [1.807, 2.05) is 10.9 Å². The van der Waals surface area contributed by atoms with Crippen LogP contribution in [-0.4, -0.2) is 36.2 Å².